The van der Waals surface area contributed by atoms with Crippen LogP contribution in [0.15, 0.2) is 133 Å². The Morgan fingerprint density at radius 3 is 2.41 bits per heavy atom. The van der Waals surface area contributed by atoms with E-state index < -0.39 is 9.39 Å². The fourth-order valence-electron chi connectivity index (χ4n) is 5.62. The van der Waals surface area contributed by atoms with Gasteiger partial charge in [-0.05, 0) is 110 Å². The summed E-state index contributed by atoms with van der Waals surface area (Å²) in [6.07, 6.45) is 18.5. The second kappa shape index (κ2) is 17.5. The van der Waals surface area contributed by atoms with Gasteiger partial charge >= 0.3 is 0 Å². The molecule has 0 saturated carbocycles. The lowest BCUT2D eigenvalue weighted by atomic mass is 9.95. The fraction of sp³-hybridized carbons (Fsp3) is 0.159. The smallest absolute Gasteiger partial charge is 0.124 e. The van der Waals surface area contributed by atoms with E-state index in [0.29, 0.717) is 13.0 Å². The number of benzene rings is 2. The monoisotopic (exact) mass is 699 g/mol. The highest BCUT2D eigenvalue weighted by Gasteiger charge is 2.17. The molecule has 0 atom stereocenters. The van der Waals surface area contributed by atoms with Crippen molar-refractivity contribution in [1.29, 1.82) is 0 Å². The van der Waals surface area contributed by atoms with E-state index in [0.717, 1.165) is 72.5 Å². The number of nitrogens with zero attached hydrogens (tertiary/aromatic N) is 1. The van der Waals surface area contributed by atoms with Crippen molar-refractivity contribution in [3.8, 4) is 11.4 Å². The Labute approximate surface area is 303 Å². The summed E-state index contributed by atoms with van der Waals surface area (Å²) >= 11 is 0. The number of nitrogens with one attached hydrogen (secondary N) is 4. The predicted octanol–water partition coefficient (Wildman–Crippen LogP) is 8.66. The normalized spacial score (nSPS) is 13.6. The van der Waals surface area contributed by atoms with Crippen LogP contribution in [0.3, 0.4) is 0 Å². The number of aromatic amines is 2. The number of aryl methyl sites for hydroxylation is 1. The molecule has 264 valence electrons. The third kappa shape index (κ3) is 10.6. The maximum atomic E-state index is 15.0. The first-order valence-electron chi connectivity index (χ1n) is 16.8. The van der Waals surface area contributed by atoms with Crippen LogP contribution in [-0.4, -0.2) is 33.2 Å². The summed E-state index contributed by atoms with van der Waals surface area (Å²) < 4.78 is 18.4. The van der Waals surface area contributed by atoms with Crippen LogP contribution in [0.5, 0.6) is 0 Å². The highest BCUT2D eigenvalue weighted by molar-refractivity contribution is 8.25. The summed E-state index contributed by atoms with van der Waals surface area (Å²) in [5.41, 5.74) is 10.5. The average molecular weight is 700 g/mol. The van der Waals surface area contributed by atoms with Crippen molar-refractivity contribution in [2.24, 2.45) is 0 Å². The van der Waals surface area contributed by atoms with Gasteiger partial charge in [-0.3, -0.25) is 9.82 Å². The molecule has 0 aliphatic heterocycles. The van der Waals surface area contributed by atoms with Gasteiger partial charge < -0.3 is 10.3 Å². The minimum absolute atomic E-state index is 0.302. The van der Waals surface area contributed by atoms with Crippen molar-refractivity contribution in [2.45, 2.75) is 40.7 Å². The molecular formula is C44H50FN5S. The molecule has 4 N–H and O–H groups in total. The molecule has 2 heterocycles. The molecule has 7 heteroatoms. The average Bonchev–Trinajstić information content (AvgIpc) is 3.68. The lowest BCUT2D eigenvalue weighted by Crippen LogP contribution is -2.23. The SMILES string of the molecule is C=C/C(=C\C(=C/C)C(=C)/C=c1/c(-c2cc(/C(=C\C=C/C)c3cc(F)cc(CNS(=C)(=C)C)c3)c(C)[nH]2)n[nH]/c1=C/C)NC(=C)Cc1ccccc1. The van der Waals surface area contributed by atoms with E-state index in [-0.39, 0.29) is 5.82 Å². The summed E-state index contributed by atoms with van der Waals surface area (Å²) in [6, 6.07) is 17.4. The Morgan fingerprint density at radius 2 is 1.76 bits per heavy atom. The summed E-state index contributed by atoms with van der Waals surface area (Å²) in [5.74, 6) is 7.88. The second-order valence-electron chi connectivity index (χ2n) is 12.6. The number of H-pyrrole nitrogens is 2. The van der Waals surface area contributed by atoms with Gasteiger partial charge in [0, 0.05) is 40.8 Å². The maximum Gasteiger partial charge on any atom is 0.124 e. The van der Waals surface area contributed by atoms with Crippen LogP contribution in [0.1, 0.15) is 48.7 Å². The molecule has 0 unspecified atom stereocenters. The van der Waals surface area contributed by atoms with Gasteiger partial charge in [0.05, 0.1) is 11.0 Å². The van der Waals surface area contributed by atoms with E-state index >= 15 is 4.39 Å². The summed E-state index contributed by atoms with van der Waals surface area (Å²) in [4.78, 5) is 3.55. The number of hydrogen-bond donors (Lipinski definition) is 4. The highest BCUT2D eigenvalue weighted by atomic mass is 32.2. The first kappa shape index (κ1) is 38.4. The Balaban J connectivity index is 1.71. The minimum atomic E-state index is -1.45. The van der Waals surface area contributed by atoms with E-state index in [1.165, 1.54) is 5.56 Å². The second-order valence-corrected chi connectivity index (χ2v) is 15.4. The van der Waals surface area contributed by atoms with Crippen LogP contribution in [0, 0.1) is 12.7 Å². The van der Waals surface area contributed by atoms with Crippen molar-refractivity contribution in [1.82, 2.24) is 25.2 Å². The Bertz CT molecular complexity index is 2270. The molecule has 0 fully saturated rings. The molecule has 0 aliphatic carbocycles. The number of halogens is 1. The standard InChI is InChI=1S/C44H50FN5S/c1-11-15-21-39(36-24-34(25-37(45)26-36)29-46-51(8,9)10)40-28-43(48-32(40)7)44-41(42(14-4)49-50-44)22-30(5)35(12-2)27-38(13-3)47-31(6)23-33-19-17-16-18-20-33/h11-22,24-28,46-49H,3,5-6,8-9,23,29H2,1-2,4,7,10H3/b15-11-,35-12+,38-27+,39-21-,41-22+,42-14+. The Kier molecular flexibility index (Phi) is 13.2. The number of aromatic nitrogens is 3. The van der Waals surface area contributed by atoms with Gasteiger partial charge in [-0.25, -0.2) is 4.39 Å². The van der Waals surface area contributed by atoms with Crippen LogP contribution in [0.25, 0.3) is 29.1 Å². The lowest BCUT2D eigenvalue weighted by Gasteiger charge is -2.13. The summed E-state index contributed by atoms with van der Waals surface area (Å²) in [6.45, 7) is 21.1. The van der Waals surface area contributed by atoms with Crippen molar-refractivity contribution < 1.29 is 4.39 Å². The maximum absolute atomic E-state index is 15.0. The van der Waals surface area contributed by atoms with Crippen LogP contribution in [0.2, 0.25) is 0 Å². The molecule has 0 amide bonds. The van der Waals surface area contributed by atoms with Gasteiger partial charge in [0.2, 0.25) is 0 Å². The number of allylic oxidation sites excluding steroid dienone is 9. The van der Waals surface area contributed by atoms with Crippen molar-refractivity contribution in [3.63, 3.8) is 0 Å². The topological polar surface area (TPSA) is 68.5 Å². The van der Waals surface area contributed by atoms with Crippen molar-refractivity contribution >= 4 is 38.9 Å². The molecule has 4 rings (SSSR count). The number of rotatable bonds is 15. The minimum Gasteiger partial charge on any atom is -0.359 e. The van der Waals surface area contributed by atoms with Crippen molar-refractivity contribution in [3.05, 3.63) is 178 Å². The zero-order valence-electron chi connectivity index (χ0n) is 30.5. The van der Waals surface area contributed by atoms with Crippen molar-refractivity contribution in [2.75, 3.05) is 6.26 Å². The largest absolute Gasteiger partial charge is 0.359 e. The van der Waals surface area contributed by atoms with Gasteiger partial charge in [-0.1, -0.05) is 92.2 Å². The Morgan fingerprint density at radius 1 is 1.02 bits per heavy atom. The first-order valence-corrected chi connectivity index (χ1v) is 19.2. The molecule has 0 bridgehead atoms. The third-order valence-electron chi connectivity index (χ3n) is 8.14. The first-order chi connectivity index (χ1) is 24.3. The molecular weight excluding hydrogens is 650 g/mol. The van der Waals surface area contributed by atoms with E-state index in [9.17, 15) is 0 Å². The third-order valence-corrected chi connectivity index (χ3v) is 8.98. The molecule has 0 spiro atoms. The van der Waals surface area contributed by atoms with E-state index in [1.54, 1.807) is 18.2 Å². The molecule has 4 aromatic rings. The summed E-state index contributed by atoms with van der Waals surface area (Å²) in [5, 5.41) is 13.1. The molecule has 51 heavy (non-hydrogen) atoms. The molecule has 2 aromatic heterocycles. The van der Waals surface area contributed by atoms with Gasteiger partial charge in [0.25, 0.3) is 0 Å². The van der Waals surface area contributed by atoms with Gasteiger partial charge in [-0.2, -0.15) is 14.5 Å². The van der Waals surface area contributed by atoms with E-state index in [2.05, 4.69) is 69.8 Å². The molecule has 0 aliphatic rings. The molecule has 0 radical (unpaired) electrons. The van der Waals surface area contributed by atoms with Gasteiger partial charge in [-0.15, -0.1) is 0 Å². The Hall–Kier alpha value is -5.37. The van der Waals surface area contributed by atoms with Gasteiger partial charge in [0.1, 0.15) is 11.5 Å². The predicted molar refractivity (Wildman–Crippen MR) is 223 cm³/mol. The zero-order chi connectivity index (χ0) is 37.1. The summed E-state index contributed by atoms with van der Waals surface area (Å²) in [7, 11) is -1.45. The quantitative estimate of drug-likeness (QED) is 0.0742. The highest BCUT2D eigenvalue weighted by Crippen LogP contribution is 2.31. The van der Waals surface area contributed by atoms with Crippen LogP contribution in [-0.2, 0) is 13.0 Å². The molecule has 2 aromatic carbocycles. The van der Waals surface area contributed by atoms with Crippen LogP contribution >= 0.6 is 9.39 Å². The lowest BCUT2D eigenvalue weighted by molar-refractivity contribution is 0.624. The van der Waals surface area contributed by atoms with E-state index in [4.69, 9.17) is 5.10 Å². The van der Waals surface area contributed by atoms with Crippen LogP contribution in [0.4, 0.5) is 4.39 Å². The molecule has 5 nitrogen and oxygen atoms in total. The van der Waals surface area contributed by atoms with E-state index in [1.807, 2.05) is 101 Å². The molecule has 0 saturated heterocycles. The number of hydrogen-bond acceptors (Lipinski definition) is 3. The van der Waals surface area contributed by atoms with Crippen LogP contribution < -0.4 is 20.6 Å². The fourth-order valence-corrected chi connectivity index (χ4v) is 6.14. The zero-order valence-corrected chi connectivity index (χ0v) is 31.3. The van der Waals surface area contributed by atoms with Gasteiger partial charge in [0.15, 0.2) is 0 Å².